The zero-order valence-corrected chi connectivity index (χ0v) is 11.5. The molecular formula is C12H24OSi. The second-order valence-electron chi connectivity index (χ2n) is 6.98. The van der Waals surface area contributed by atoms with Gasteiger partial charge < -0.3 is 0 Å². The van der Waals surface area contributed by atoms with Crippen molar-refractivity contribution in [1.82, 2.24) is 0 Å². The highest BCUT2D eigenvalue weighted by molar-refractivity contribution is 6.76. The van der Waals surface area contributed by atoms with Crippen LogP contribution < -0.4 is 0 Å². The van der Waals surface area contributed by atoms with Crippen molar-refractivity contribution in [3.63, 3.8) is 0 Å². The van der Waals surface area contributed by atoms with Gasteiger partial charge in [0.25, 0.3) is 0 Å². The van der Waals surface area contributed by atoms with Gasteiger partial charge in [0.2, 0.25) is 0 Å². The molecule has 2 unspecified atom stereocenters. The molecule has 82 valence electrons. The third kappa shape index (κ3) is 3.23. The number of carbonyl (C=O) groups excluding carboxylic acids is 1. The molecule has 0 aromatic rings. The first-order chi connectivity index (χ1) is 6.11. The lowest BCUT2D eigenvalue weighted by Crippen LogP contribution is -2.25. The fourth-order valence-electron chi connectivity index (χ4n) is 2.14. The Balaban J connectivity index is 2.44. The van der Waals surface area contributed by atoms with E-state index in [1.807, 2.05) is 20.8 Å². The van der Waals surface area contributed by atoms with Crippen LogP contribution >= 0.6 is 0 Å². The van der Waals surface area contributed by atoms with Crippen LogP contribution in [0.3, 0.4) is 0 Å². The highest BCUT2D eigenvalue weighted by Crippen LogP contribution is 2.47. The SMILES string of the molecule is CC(C)(C)C(=O)C1CC1C[Si](C)(C)C. The van der Waals surface area contributed by atoms with E-state index in [0.717, 1.165) is 5.92 Å². The molecule has 1 fully saturated rings. The summed E-state index contributed by atoms with van der Waals surface area (Å²) in [4.78, 5) is 11.9. The molecule has 0 heterocycles. The Morgan fingerprint density at radius 1 is 1.29 bits per heavy atom. The largest absolute Gasteiger partial charge is 0.299 e. The van der Waals surface area contributed by atoms with E-state index in [2.05, 4.69) is 19.6 Å². The number of ketones is 1. The normalized spacial score (nSPS) is 27.6. The molecule has 1 nitrogen and oxygen atoms in total. The fraction of sp³-hybridized carbons (Fsp3) is 0.917. The molecule has 2 atom stereocenters. The van der Waals surface area contributed by atoms with Crippen molar-refractivity contribution in [3.8, 4) is 0 Å². The van der Waals surface area contributed by atoms with E-state index in [0.29, 0.717) is 11.7 Å². The summed E-state index contributed by atoms with van der Waals surface area (Å²) in [6.07, 6.45) is 1.17. The average molecular weight is 212 g/mol. The first kappa shape index (κ1) is 12.0. The average Bonchev–Trinajstić information content (AvgIpc) is 2.60. The Bertz CT molecular complexity index is 232. The van der Waals surface area contributed by atoms with Crippen LogP contribution in [0.4, 0.5) is 0 Å². The van der Waals surface area contributed by atoms with Gasteiger partial charge in [0.15, 0.2) is 0 Å². The lowest BCUT2D eigenvalue weighted by Gasteiger charge is -2.18. The summed E-state index contributed by atoms with van der Waals surface area (Å²) in [6, 6.07) is 1.33. The van der Waals surface area contributed by atoms with Crippen molar-refractivity contribution < 1.29 is 4.79 Å². The van der Waals surface area contributed by atoms with Crippen molar-refractivity contribution >= 4 is 13.9 Å². The molecule has 0 spiro atoms. The fourth-order valence-corrected chi connectivity index (χ4v) is 4.16. The standard InChI is InChI=1S/C12H24OSi/c1-12(2,3)11(13)10-7-9(10)8-14(4,5)6/h9-10H,7-8H2,1-6H3. The van der Waals surface area contributed by atoms with Crippen molar-refractivity contribution in [3.05, 3.63) is 0 Å². The van der Waals surface area contributed by atoms with Crippen molar-refractivity contribution in [2.45, 2.75) is 52.9 Å². The van der Waals surface area contributed by atoms with Gasteiger partial charge in [-0.1, -0.05) is 46.5 Å². The van der Waals surface area contributed by atoms with Crippen LogP contribution in [0.25, 0.3) is 0 Å². The molecule has 0 bridgehead atoms. The van der Waals surface area contributed by atoms with Crippen LogP contribution in [-0.2, 0) is 4.79 Å². The molecule has 0 aliphatic heterocycles. The summed E-state index contributed by atoms with van der Waals surface area (Å²) in [7, 11) is -0.957. The van der Waals surface area contributed by atoms with Gasteiger partial charge in [-0.3, -0.25) is 4.79 Å². The number of carbonyl (C=O) groups is 1. The highest BCUT2D eigenvalue weighted by atomic mass is 28.3. The van der Waals surface area contributed by atoms with E-state index in [1.165, 1.54) is 12.5 Å². The van der Waals surface area contributed by atoms with Gasteiger partial charge in [0.05, 0.1) is 0 Å². The molecule has 0 aromatic heterocycles. The Kier molecular flexibility index (Phi) is 2.97. The van der Waals surface area contributed by atoms with Crippen LogP contribution in [0.15, 0.2) is 0 Å². The first-order valence-corrected chi connectivity index (χ1v) is 9.36. The van der Waals surface area contributed by atoms with E-state index < -0.39 is 8.07 Å². The second-order valence-corrected chi connectivity index (χ2v) is 12.5. The summed E-state index contributed by atoms with van der Waals surface area (Å²) in [5.74, 6) is 1.62. The second kappa shape index (κ2) is 3.48. The zero-order chi connectivity index (χ0) is 11.1. The number of hydrogen-bond acceptors (Lipinski definition) is 1. The lowest BCUT2D eigenvalue weighted by molar-refractivity contribution is -0.127. The monoisotopic (exact) mass is 212 g/mol. The highest BCUT2D eigenvalue weighted by Gasteiger charge is 2.47. The Hall–Kier alpha value is -0.113. The van der Waals surface area contributed by atoms with Gasteiger partial charge >= 0.3 is 0 Å². The molecule has 1 saturated carbocycles. The van der Waals surface area contributed by atoms with Gasteiger partial charge in [0.1, 0.15) is 5.78 Å². The quantitative estimate of drug-likeness (QED) is 0.654. The van der Waals surface area contributed by atoms with E-state index >= 15 is 0 Å². The molecule has 14 heavy (non-hydrogen) atoms. The summed E-state index contributed by atoms with van der Waals surface area (Å²) in [6.45, 7) is 13.3. The number of Topliss-reactive ketones (excluding diaryl/α,β-unsaturated/α-hetero) is 1. The van der Waals surface area contributed by atoms with Crippen LogP contribution in [0.1, 0.15) is 27.2 Å². The van der Waals surface area contributed by atoms with Gasteiger partial charge in [-0.05, 0) is 12.3 Å². The Morgan fingerprint density at radius 2 is 1.79 bits per heavy atom. The smallest absolute Gasteiger partial charge is 0.141 e. The summed E-state index contributed by atoms with van der Waals surface area (Å²) >= 11 is 0. The summed E-state index contributed by atoms with van der Waals surface area (Å²) in [5.41, 5.74) is -0.126. The third-order valence-corrected chi connectivity index (χ3v) is 4.62. The maximum atomic E-state index is 11.9. The van der Waals surface area contributed by atoms with E-state index in [9.17, 15) is 4.79 Å². The Morgan fingerprint density at radius 3 is 2.14 bits per heavy atom. The molecule has 1 aliphatic carbocycles. The van der Waals surface area contributed by atoms with Crippen LogP contribution in [-0.4, -0.2) is 13.9 Å². The summed E-state index contributed by atoms with van der Waals surface area (Å²) < 4.78 is 0. The minimum absolute atomic E-state index is 0.126. The minimum Gasteiger partial charge on any atom is -0.299 e. The molecule has 1 rings (SSSR count). The van der Waals surface area contributed by atoms with Gasteiger partial charge in [-0.2, -0.15) is 0 Å². The zero-order valence-electron chi connectivity index (χ0n) is 10.5. The maximum absolute atomic E-state index is 11.9. The van der Waals surface area contributed by atoms with E-state index in [1.54, 1.807) is 0 Å². The first-order valence-electron chi connectivity index (χ1n) is 5.65. The molecule has 0 radical (unpaired) electrons. The molecular weight excluding hydrogens is 188 g/mol. The third-order valence-electron chi connectivity index (χ3n) is 2.87. The van der Waals surface area contributed by atoms with Crippen LogP contribution in [0.2, 0.25) is 25.7 Å². The number of rotatable bonds is 3. The van der Waals surface area contributed by atoms with Crippen LogP contribution in [0.5, 0.6) is 0 Å². The lowest BCUT2D eigenvalue weighted by atomic mass is 9.87. The molecule has 0 amide bonds. The van der Waals surface area contributed by atoms with E-state index in [4.69, 9.17) is 0 Å². The molecule has 1 aliphatic rings. The van der Waals surface area contributed by atoms with Crippen molar-refractivity contribution in [2.24, 2.45) is 17.3 Å². The van der Waals surface area contributed by atoms with Crippen molar-refractivity contribution in [1.29, 1.82) is 0 Å². The number of hydrogen-bond donors (Lipinski definition) is 0. The Labute approximate surface area is 89.3 Å². The molecule has 0 aromatic carbocycles. The van der Waals surface area contributed by atoms with Crippen molar-refractivity contribution in [2.75, 3.05) is 0 Å². The molecule has 0 saturated heterocycles. The molecule has 0 N–H and O–H groups in total. The van der Waals surface area contributed by atoms with Crippen LogP contribution in [0, 0.1) is 17.3 Å². The minimum atomic E-state index is -0.957. The summed E-state index contributed by atoms with van der Waals surface area (Å²) in [5, 5.41) is 0. The predicted molar refractivity (Wildman–Crippen MR) is 64.2 cm³/mol. The molecule has 2 heteroatoms. The predicted octanol–water partition coefficient (Wildman–Crippen LogP) is 3.58. The van der Waals surface area contributed by atoms with Gasteiger partial charge in [-0.15, -0.1) is 0 Å². The van der Waals surface area contributed by atoms with E-state index in [-0.39, 0.29) is 5.41 Å². The topological polar surface area (TPSA) is 17.1 Å². The maximum Gasteiger partial charge on any atom is 0.141 e. The van der Waals surface area contributed by atoms with Gasteiger partial charge in [-0.25, -0.2) is 0 Å². The van der Waals surface area contributed by atoms with Gasteiger partial charge in [0, 0.05) is 19.4 Å².